The Labute approximate surface area is 110 Å². The van der Waals surface area contributed by atoms with Crippen molar-refractivity contribution in [1.82, 2.24) is 4.90 Å². The van der Waals surface area contributed by atoms with Crippen LogP contribution in [0.15, 0.2) is 0 Å². The lowest BCUT2D eigenvalue weighted by Gasteiger charge is -2.40. The Bertz CT molecular complexity index is 284. The first-order chi connectivity index (χ1) is 8.64. The number of carbonyl (C=O) groups excluding carboxylic acids is 1. The molecule has 0 aromatic heterocycles. The minimum atomic E-state index is -0.285. The summed E-state index contributed by atoms with van der Waals surface area (Å²) in [6.45, 7) is 0.527. The first-order valence-corrected chi connectivity index (χ1v) is 7.34. The number of aliphatic hydroxyl groups excluding tert-OH is 1. The number of rotatable bonds is 5. The molecule has 2 rings (SSSR count). The zero-order valence-electron chi connectivity index (χ0n) is 11.2. The average molecular weight is 254 g/mol. The van der Waals surface area contributed by atoms with E-state index in [2.05, 4.69) is 0 Å². The number of carbonyl (C=O) groups is 1. The average Bonchev–Trinajstić information content (AvgIpc) is 2.26. The topological polar surface area (TPSA) is 66.6 Å². The van der Waals surface area contributed by atoms with Crippen LogP contribution in [0.2, 0.25) is 0 Å². The Morgan fingerprint density at radius 3 is 2.39 bits per heavy atom. The Hall–Kier alpha value is -0.610. The summed E-state index contributed by atoms with van der Waals surface area (Å²) in [4.78, 5) is 14.2. The molecule has 0 radical (unpaired) electrons. The maximum atomic E-state index is 12.4. The van der Waals surface area contributed by atoms with Gasteiger partial charge in [-0.15, -0.1) is 0 Å². The molecule has 0 heterocycles. The molecule has 0 saturated heterocycles. The van der Waals surface area contributed by atoms with Gasteiger partial charge in [0.2, 0.25) is 5.91 Å². The van der Waals surface area contributed by atoms with E-state index >= 15 is 0 Å². The first-order valence-electron chi connectivity index (χ1n) is 7.34. The van der Waals surface area contributed by atoms with Gasteiger partial charge in [-0.05, 0) is 32.1 Å². The molecule has 0 bridgehead atoms. The van der Waals surface area contributed by atoms with Crippen LogP contribution >= 0.6 is 0 Å². The Kier molecular flexibility index (Phi) is 4.62. The Morgan fingerprint density at radius 1 is 1.22 bits per heavy atom. The number of nitrogens with two attached hydrogens (primary N) is 1. The molecular formula is C14H26N2O2. The number of hydrogen-bond acceptors (Lipinski definition) is 3. The molecule has 4 nitrogen and oxygen atoms in total. The minimum absolute atomic E-state index is 0.0554. The molecule has 0 atom stereocenters. The van der Waals surface area contributed by atoms with Gasteiger partial charge in [-0.3, -0.25) is 4.79 Å². The molecule has 0 unspecified atom stereocenters. The summed E-state index contributed by atoms with van der Waals surface area (Å²) in [7, 11) is 0. The predicted octanol–water partition coefficient (Wildman–Crippen LogP) is 1.41. The van der Waals surface area contributed by atoms with Crippen molar-refractivity contribution in [1.29, 1.82) is 0 Å². The second kappa shape index (κ2) is 6.02. The van der Waals surface area contributed by atoms with E-state index in [0.717, 1.165) is 38.5 Å². The molecule has 2 aliphatic rings. The van der Waals surface area contributed by atoms with Crippen molar-refractivity contribution in [2.24, 2.45) is 5.73 Å². The Balaban J connectivity index is 1.91. The lowest BCUT2D eigenvalue weighted by molar-refractivity contribution is -0.137. The first kappa shape index (κ1) is 13.8. The Morgan fingerprint density at radius 2 is 1.89 bits per heavy atom. The largest absolute Gasteiger partial charge is 0.395 e. The summed E-state index contributed by atoms with van der Waals surface area (Å²) in [6.07, 6.45) is 9.31. The molecule has 2 fully saturated rings. The molecule has 0 aromatic carbocycles. The van der Waals surface area contributed by atoms with E-state index in [1.807, 2.05) is 4.90 Å². The highest BCUT2D eigenvalue weighted by Crippen LogP contribution is 2.31. The highest BCUT2D eigenvalue weighted by atomic mass is 16.3. The van der Waals surface area contributed by atoms with Crippen LogP contribution in [0.25, 0.3) is 0 Å². The summed E-state index contributed by atoms with van der Waals surface area (Å²) in [5, 5.41) is 9.10. The molecular weight excluding hydrogens is 228 g/mol. The van der Waals surface area contributed by atoms with Crippen molar-refractivity contribution in [2.45, 2.75) is 69.4 Å². The van der Waals surface area contributed by atoms with E-state index < -0.39 is 0 Å². The van der Waals surface area contributed by atoms with E-state index in [1.165, 1.54) is 12.8 Å². The smallest absolute Gasteiger partial charge is 0.224 e. The van der Waals surface area contributed by atoms with Crippen LogP contribution in [0.1, 0.15) is 57.8 Å². The fourth-order valence-corrected chi connectivity index (χ4v) is 3.15. The van der Waals surface area contributed by atoms with E-state index in [1.54, 1.807) is 0 Å². The van der Waals surface area contributed by atoms with Gasteiger partial charge in [0.15, 0.2) is 0 Å². The maximum absolute atomic E-state index is 12.4. The summed E-state index contributed by atoms with van der Waals surface area (Å²) in [6, 6.07) is 0.358. The van der Waals surface area contributed by atoms with E-state index in [0.29, 0.717) is 19.0 Å². The van der Waals surface area contributed by atoms with Crippen molar-refractivity contribution in [3.63, 3.8) is 0 Å². The lowest BCUT2D eigenvalue weighted by Crippen LogP contribution is -2.51. The summed E-state index contributed by atoms with van der Waals surface area (Å²) < 4.78 is 0. The van der Waals surface area contributed by atoms with Crippen LogP contribution in [0.5, 0.6) is 0 Å². The van der Waals surface area contributed by atoms with Crippen molar-refractivity contribution >= 4 is 5.91 Å². The summed E-state index contributed by atoms with van der Waals surface area (Å²) in [5.41, 5.74) is 6.06. The lowest BCUT2D eigenvalue weighted by atomic mass is 9.79. The number of amides is 1. The third-order valence-electron chi connectivity index (χ3n) is 4.53. The predicted molar refractivity (Wildman–Crippen MR) is 71.1 cm³/mol. The molecule has 0 spiro atoms. The SMILES string of the molecule is NC1(CC(=O)N(CCO)C2CCC2)CCCCC1. The summed E-state index contributed by atoms with van der Waals surface area (Å²) in [5.74, 6) is 0.151. The van der Waals surface area contributed by atoms with Gasteiger partial charge in [-0.25, -0.2) is 0 Å². The molecule has 0 aromatic rings. The second-order valence-corrected chi connectivity index (χ2v) is 6.00. The molecule has 2 aliphatic carbocycles. The monoisotopic (exact) mass is 254 g/mol. The second-order valence-electron chi connectivity index (χ2n) is 6.00. The normalized spacial score (nSPS) is 23.4. The van der Waals surface area contributed by atoms with Crippen LogP contribution in [0, 0.1) is 0 Å². The van der Waals surface area contributed by atoms with Crippen LogP contribution in [0.3, 0.4) is 0 Å². The fourth-order valence-electron chi connectivity index (χ4n) is 3.15. The van der Waals surface area contributed by atoms with Crippen LogP contribution in [-0.4, -0.2) is 40.6 Å². The zero-order chi connectivity index (χ0) is 13.0. The molecule has 1 amide bonds. The molecule has 2 saturated carbocycles. The van der Waals surface area contributed by atoms with Crippen LogP contribution in [-0.2, 0) is 4.79 Å². The van der Waals surface area contributed by atoms with Crippen molar-refractivity contribution < 1.29 is 9.90 Å². The standard InChI is InChI=1S/C14H26N2O2/c15-14(7-2-1-3-8-14)11-13(18)16(9-10-17)12-5-4-6-12/h12,17H,1-11,15H2. The van der Waals surface area contributed by atoms with Gasteiger partial charge >= 0.3 is 0 Å². The number of nitrogens with zero attached hydrogens (tertiary/aromatic N) is 1. The van der Waals surface area contributed by atoms with Gasteiger partial charge in [0.05, 0.1) is 6.61 Å². The van der Waals surface area contributed by atoms with Crippen molar-refractivity contribution in [3.8, 4) is 0 Å². The minimum Gasteiger partial charge on any atom is -0.395 e. The van der Waals surface area contributed by atoms with Crippen LogP contribution < -0.4 is 5.73 Å². The fraction of sp³-hybridized carbons (Fsp3) is 0.929. The maximum Gasteiger partial charge on any atom is 0.224 e. The van der Waals surface area contributed by atoms with Gasteiger partial charge < -0.3 is 15.7 Å². The molecule has 3 N–H and O–H groups in total. The van der Waals surface area contributed by atoms with E-state index in [9.17, 15) is 4.79 Å². The van der Waals surface area contributed by atoms with Gasteiger partial charge in [-0.2, -0.15) is 0 Å². The van der Waals surface area contributed by atoms with E-state index in [-0.39, 0.29) is 18.1 Å². The van der Waals surface area contributed by atoms with Gasteiger partial charge in [0.25, 0.3) is 0 Å². The molecule has 104 valence electrons. The van der Waals surface area contributed by atoms with E-state index in [4.69, 9.17) is 10.8 Å². The molecule has 4 heteroatoms. The zero-order valence-corrected chi connectivity index (χ0v) is 11.2. The summed E-state index contributed by atoms with van der Waals surface area (Å²) >= 11 is 0. The number of aliphatic hydroxyl groups is 1. The highest BCUT2D eigenvalue weighted by Gasteiger charge is 2.35. The third-order valence-corrected chi connectivity index (χ3v) is 4.53. The van der Waals surface area contributed by atoms with Crippen molar-refractivity contribution in [3.05, 3.63) is 0 Å². The number of hydrogen-bond donors (Lipinski definition) is 2. The van der Waals surface area contributed by atoms with Gasteiger partial charge in [0.1, 0.15) is 0 Å². The molecule has 0 aliphatic heterocycles. The molecule has 18 heavy (non-hydrogen) atoms. The van der Waals surface area contributed by atoms with Gasteiger partial charge in [-0.1, -0.05) is 19.3 Å². The van der Waals surface area contributed by atoms with Crippen molar-refractivity contribution in [2.75, 3.05) is 13.2 Å². The van der Waals surface area contributed by atoms with Gasteiger partial charge in [0, 0.05) is 24.5 Å². The quantitative estimate of drug-likeness (QED) is 0.779. The van der Waals surface area contributed by atoms with Crippen LogP contribution in [0.4, 0.5) is 0 Å². The third kappa shape index (κ3) is 3.23. The highest BCUT2D eigenvalue weighted by molar-refractivity contribution is 5.78.